The minimum Gasteiger partial charge on any atom is -0.461 e. The molecule has 0 radical (unpaired) electrons. The van der Waals surface area contributed by atoms with E-state index in [1.165, 1.54) is 11.3 Å². The summed E-state index contributed by atoms with van der Waals surface area (Å²) in [5.41, 5.74) is 2.55. The van der Waals surface area contributed by atoms with Crippen molar-refractivity contribution in [2.45, 2.75) is 32.0 Å². The summed E-state index contributed by atoms with van der Waals surface area (Å²) in [6.07, 6.45) is 0.860. The van der Waals surface area contributed by atoms with Crippen LogP contribution in [0.1, 0.15) is 18.9 Å². The fourth-order valence-corrected chi connectivity index (χ4v) is 3.01. The number of carbonyl (C=O) groups excluding carboxylic acids is 1. The van der Waals surface area contributed by atoms with Gasteiger partial charge in [-0.05, 0) is 18.6 Å². The normalized spacial score (nSPS) is 27.9. The van der Waals surface area contributed by atoms with E-state index in [0.29, 0.717) is 0 Å². The Balaban J connectivity index is 1.85. The second-order valence-electron chi connectivity index (χ2n) is 5.52. The van der Waals surface area contributed by atoms with Crippen LogP contribution < -0.4 is 4.90 Å². The standard InChI is InChI=1S/C15H20N2O2/c1-11-9-14(15(18)19-11)17-8-7-16(2)13-6-4-3-5-12(13)10-17/h3-6,11,14H,7-10H2,1-2H3. The van der Waals surface area contributed by atoms with Crippen molar-refractivity contribution in [2.75, 3.05) is 25.0 Å². The fraction of sp³-hybridized carbons (Fsp3) is 0.533. The first-order valence-corrected chi connectivity index (χ1v) is 6.89. The van der Waals surface area contributed by atoms with Gasteiger partial charge in [-0.15, -0.1) is 0 Å². The summed E-state index contributed by atoms with van der Waals surface area (Å²) in [4.78, 5) is 16.4. The van der Waals surface area contributed by atoms with Gasteiger partial charge in [0, 0.05) is 38.8 Å². The Hall–Kier alpha value is -1.55. The van der Waals surface area contributed by atoms with E-state index >= 15 is 0 Å². The third-order valence-corrected chi connectivity index (χ3v) is 4.08. The lowest BCUT2D eigenvalue weighted by Crippen LogP contribution is -2.40. The summed E-state index contributed by atoms with van der Waals surface area (Å²) in [7, 11) is 2.11. The number of cyclic esters (lactones) is 1. The van der Waals surface area contributed by atoms with E-state index in [-0.39, 0.29) is 18.1 Å². The molecule has 1 fully saturated rings. The number of esters is 1. The number of hydrogen-bond donors (Lipinski definition) is 0. The van der Waals surface area contributed by atoms with E-state index in [9.17, 15) is 4.79 Å². The molecular formula is C15H20N2O2. The van der Waals surface area contributed by atoms with Crippen LogP contribution in [0, 0.1) is 0 Å². The van der Waals surface area contributed by atoms with Crippen LogP contribution in [-0.4, -0.2) is 43.2 Å². The third-order valence-electron chi connectivity index (χ3n) is 4.08. The molecule has 0 saturated carbocycles. The van der Waals surface area contributed by atoms with Crippen LogP contribution in [0.2, 0.25) is 0 Å². The molecule has 2 unspecified atom stereocenters. The van der Waals surface area contributed by atoms with E-state index in [2.05, 4.69) is 41.1 Å². The number of nitrogens with zero attached hydrogens (tertiary/aromatic N) is 2. The molecule has 0 bridgehead atoms. The number of fused-ring (bicyclic) bond motifs is 1. The van der Waals surface area contributed by atoms with Crippen molar-refractivity contribution in [1.82, 2.24) is 4.90 Å². The zero-order valence-electron chi connectivity index (χ0n) is 11.5. The second-order valence-corrected chi connectivity index (χ2v) is 5.52. The van der Waals surface area contributed by atoms with E-state index in [4.69, 9.17) is 4.74 Å². The number of likely N-dealkylation sites (N-methyl/N-ethyl adjacent to an activating group) is 1. The van der Waals surface area contributed by atoms with Crippen LogP contribution in [0.15, 0.2) is 24.3 Å². The number of rotatable bonds is 1. The minimum absolute atomic E-state index is 0.0497. The monoisotopic (exact) mass is 260 g/mol. The van der Waals surface area contributed by atoms with Gasteiger partial charge in [-0.25, -0.2) is 0 Å². The van der Waals surface area contributed by atoms with Gasteiger partial charge in [0.25, 0.3) is 0 Å². The van der Waals surface area contributed by atoms with Gasteiger partial charge >= 0.3 is 5.97 Å². The molecule has 0 N–H and O–H groups in total. The lowest BCUT2D eigenvalue weighted by Gasteiger charge is -2.24. The topological polar surface area (TPSA) is 32.8 Å². The molecule has 0 amide bonds. The van der Waals surface area contributed by atoms with Crippen molar-refractivity contribution in [2.24, 2.45) is 0 Å². The molecule has 0 spiro atoms. The number of benzene rings is 1. The molecule has 2 heterocycles. The quantitative estimate of drug-likeness (QED) is 0.719. The molecule has 1 saturated heterocycles. The predicted octanol–water partition coefficient (Wildman–Crippen LogP) is 1.64. The lowest BCUT2D eigenvalue weighted by molar-refractivity contribution is -0.144. The molecule has 4 nitrogen and oxygen atoms in total. The largest absolute Gasteiger partial charge is 0.461 e. The van der Waals surface area contributed by atoms with Gasteiger partial charge < -0.3 is 9.64 Å². The highest BCUT2D eigenvalue weighted by Gasteiger charge is 2.37. The van der Waals surface area contributed by atoms with Gasteiger partial charge in [0.1, 0.15) is 12.1 Å². The summed E-state index contributed by atoms with van der Waals surface area (Å²) in [6.45, 7) is 4.63. The number of para-hydroxylation sites is 1. The molecular weight excluding hydrogens is 240 g/mol. The van der Waals surface area contributed by atoms with Gasteiger partial charge in [0.2, 0.25) is 0 Å². The van der Waals surface area contributed by atoms with Crippen molar-refractivity contribution in [1.29, 1.82) is 0 Å². The molecule has 19 heavy (non-hydrogen) atoms. The van der Waals surface area contributed by atoms with E-state index in [0.717, 1.165) is 26.1 Å². The van der Waals surface area contributed by atoms with Crippen LogP contribution in [0.25, 0.3) is 0 Å². The van der Waals surface area contributed by atoms with Crippen molar-refractivity contribution >= 4 is 11.7 Å². The van der Waals surface area contributed by atoms with Crippen molar-refractivity contribution in [3.05, 3.63) is 29.8 Å². The van der Waals surface area contributed by atoms with Gasteiger partial charge in [-0.3, -0.25) is 9.69 Å². The van der Waals surface area contributed by atoms with Gasteiger partial charge in [0.05, 0.1) is 0 Å². The average Bonchev–Trinajstić information content (AvgIpc) is 2.64. The predicted molar refractivity (Wildman–Crippen MR) is 74.1 cm³/mol. The molecule has 1 aromatic carbocycles. The Kier molecular flexibility index (Phi) is 3.19. The first kappa shape index (κ1) is 12.5. The van der Waals surface area contributed by atoms with Crippen molar-refractivity contribution in [3.8, 4) is 0 Å². The molecule has 0 aromatic heterocycles. The Morgan fingerprint density at radius 1 is 1.26 bits per heavy atom. The summed E-state index contributed by atoms with van der Waals surface area (Å²) >= 11 is 0. The summed E-state index contributed by atoms with van der Waals surface area (Å²) in [5, 5.41) is 0. The molecule has 102 valence electrons. The smallest absolute Gasteiger partial charge is 0.323 e. The zero-order valence-corrected chi connectivity index (χ0v) is 11.5. The molecule has 2 atom stereocenters. The van der Waals surface area contributed by atoms with Crippen LogP contribution >= 0.6 is 0 Å². The van der Waals surface area contributed by atoms with Crippen LogP contribution in [0.3, 0.4) is 0 Å². The summed E-state index contributed by atoms with van der Waals surface area (Å²) in [6, 6.07) is 8.35. The highest BCUT2D eigenvalue weighted by atomic mass is 16.6. The van der Waals surface area contributed by atoms with Crippen LogP contribution in [0.4, 0.5) is 5.69 Å². The van der Waals surface area contributed by atoms with Gasteiger partial charge in [-0.2, -0.15) is 0 Å². The highest BCUT2D eigenvalue weighted by molar-refractivity contribution is 5.78. The maximum absolute atomic E-state index is 11.9. The highest BCUT2D eigenvalue weighted by Crippen LogP contribution is 2.28. The van der Waals surface area contributed by atoms with Gasteiger partial charge in [-0.1, -0.05) is 18.2 Å². The lowest BCUT2D eigenvalue weighted by atomic mass is 10.1. The SMILES string of the molecule is CC1CC(N2CCN(C)c3ccccc3C2)C(=O)O1. The van der Waals surface area contributed by atoms with Crippen LogP contribution in [-0.2, 0) is 16.1 Å². The minimum atomic E-state index is -0.0745. The van der Waals surface area contributed by atoms with Crippen LogP contribution in [0.5, 0.6) is 0 Å². The average molecular weight is 260 g/mol. The van der Waals surface area contributed by atoms with E-state index in [1.54, 1.807) is 0 Å². The second kappa shape index (κ2) is 4.85. The first-order valence-electron chi connectivity index (χ1n) is 6.89. The zero-order chi connectivity index (χ0) is 13.4. The number of carbonyl (C=O) groups is 1. The molecule has 2 aliphatic rings. The van der Waals surface area contributed by atoms with E-state index in [1.807, 2.05) is 6.92 Å². The maximum atomic E-state index is 11.9. The molecule has 3 rings (SSSR count). The number of anilines is 1. The molecule has 2 aliphatic heterocycles. The number of hydrogen-bond acceptors (Lipinski definition) is 4. The molecule has 0 aliphatic carbocycles. The van der Waals surface area contributed by atoms with E-state index < -0.39 is 0 Å². The first-order chi connectivity index (χ1) is 9.15. The Morgan fingerprint density at radius 3 is 2.79 bits per heavy atom. The molecule has 4 heteroatoms. The van der Waals surface area contributed by atoms with Crippen molar-refractivity contribution < 1.29 is 9.53 Å². The maximum Gasteiger partial charge on any atom is 0.323 e. The fourth-order valence-electron chi connectivity index (χ4n) is 3.01. The Bertz CT molecular complexity index is 489. The Morgan fingerprint density at radius 2 is 2.05 bits per heavy atom. The summed E-state index contributed by atoms with van der Waals surface area (Å²) < 4.78 is 5.29. The third kappa shape index (κ3) is 2.32. The van der Waals surface area contributed by atoms with Gasteiger partial charge in [0.15, 0.2) is 0 Å². The van der Waals surface area contributed by atoms with Crippen molar-refractivity contribution in [3.63, 3.8) is 0 Å². The number of ether oxygens (including phenoxy) is 1. The summed E-state index contributed by atoms with van der Waals surface area (Å²) in [5.74, 6) is -0.0606. The molecule has 1 aromatic rings. The Labute approximate surface area is 113 Å².